The van der Waals surface area contributed by atoms with Crippen molar-refractivity contribution in [2.75, 3.05) is 13.6 Å². The normalized spacial score (nSPS) is 14.3. The number of rotatable bonds is 6. The van der Waals surface area contributed by atoms with Crippen molar-refractivity contribution in [3.63, 3.8) is 0 Å². The third-order valence-corrected chi connectivity index (χ3v) is 7.01. The quantitative estimate of drug-likeness (QED) is 0.346. The van der Waals surface area contributed by atoms with Gasteiger partial charge in [0.1, 0.15) is 5.69 Å². The number of fused-ring (bicyclic) bond motifs is 1. The second-order valence-corrected chi connectivity index (χ2v) is 10.8. The number of nitrogens with zero attached hydrogens (tertiary/aromatic N) is 4. The Balaban J connectivity index is 1.41. The molecule has 1 aliphatic carbocycles. The summed E-state index contributed by atoms with van der Waals surface area (Å²) in [6, 6.07) is 21.8. The van der Waals surface area contributed by atoms with Gasteiger partial charge in [-0.2, -0.15) is 5.10 Å². The molecule has 0 fully saturated rings. The lowest BCUT2D eigenvalue weighted by atomic mass is 9.75. The van der Waals surface area contributed by atoms with E-state index >= 15 is 0 Å². The number of pyridine rings is 1. The summed E-state index contributed by atoms with van der Waals surface area (Å²) in [7, 11) is 1.81. The average molecular weight is 493 g/mol. The summed E-state index contributed by atoms with van der Waals surface area (Å²) >= 11 is 0. The Kier molecular flexibility index (Phi) is 6.50. The highest BCUT2D eigenvalue weighted by Gasteiger charge is 2.37. The molecule has 1 amide bonds. The van der Waals surface area contributed by atoms with Crippen molar-refractivity contribution in [2.24, 2.45) is 5.41 Å². The maximum Gasteiger partial charge on any atom is 0.255 e. The van der Waals surface area contributed by atoms with Crippen LogP contribution >= 0.6 is 0 Å². The van der Waals surface area contributed by atoms with E-state index in [9.17, 15) is 9.59 Å². The number of carbonyl (C=O) groups excluding carboxylic acids is 2. The van der Waals surface area contributed by atoms with Crippen LogP contribution in [0.25, 0.3) is 17.1 Å². The second kappa shape index (κ2) is 9.77. The first-order valence-electron chi connectivity index (χ1n) is 12.7. The Hall–Kier alpha value is -4.06. The van der Waals surface area contributed by atoms with Crippen LogP contribution in [0.4, 0.5) is 0 Å². The molecule has 4 aromatic rings. The molecular formula is C31H32N4O2. The molecule has 1 aliphatic rings. The van der Waals surface area contributed by atoms with Crippen LogP contribution in [0, 0.1) is 12.3 Å². The van der Waals surface area contributed by atoms with E-state index in [1.807, 2.05) is 43.4 Å². The fourth-order valence-corrected chi connectivity index (χ4v) is 4.95. The maximum absolute atomic E-state index is 13.2. The Labute approximate surface area is 218 Å². The first-order valence-corrected chi connectivity index (χ1v) is 12.7. The summed E-state index contributed by atoms with van der Waals surface area (Å²) in [4.78, 5) is 32.6. The first kappa shape index (κ1) is 24.6. The predicted octanol–water partition coefficient (Wildman–Crippen LogP) is 5.71. The molecule has 0 unspecified atom stereocenters. The molecule has 0 radical (unpaired) electrons. The molecule has 0 spiro atoms. The Bertz CT molecular complexity index is 1440. The first-order chi connectivity index (χ1) is 17.7. The Morgan fingerprint density at radius 2 is 1.73 bits per heavy atom. The van der Waals surface area contributed by atoms with E-state index in [1.54, 1.807) is 21.8 Å². The lowest BCUT2D eigenvalue weighted by Gasteiger charge is -2.29. The molecule has 6 heteroatoms. The van der Waals surface area contributed by atoms with Crippen molar-refractivity contribution in [1.29, 1.82) is 0 Å². The van der Waals surface area contributed by atoms with Crippen molar-refractivity contribution in [3.05, 3.63) is 101 Å². The minimum absolute atomic E-state index is 0.0741. The van der Waals surface area contributed by atoms with Crippen LogP contribution in [0.3, 0.4) is 0 Å². The summed E-state index contributed by atoms with van der Waals surface area (Å²) < 4.78 is 1.78. The maximum atomic E-state index is 13.2. The van der Waals surface area contributed by atoms with Crippen molar-refractivity contribution < 1.29 is 9.59 Å². The fraction of sp³-hybridized carbons (Fsp3) is 0.290. The van der Waals surface area contributed by atoms with Gasteiger partial charge in [0.05, 0.1) is 16.8 Å². The lowest BCUT2D eigenvalue weighted by Crippen LogP contribution is -2.29. The van der Waals surface area contributed by atoms with Gasteiger partial charge in [0.2, 0.25) is 0 Å². The number of hydrogen-bond donors (Lipinski definition) is 0. The molecule has 0 saturated heterocycles. The van der Waals surface area contributed by atoms with Gasteiger partial charge in [-0.15, -0.1) is 0 Å². The number of likely N-dealkylation sites (N-methyl/N-ethyl adjacent to an activating group) is 1. The minimum Gasteiger partial charge on any atom is -0.341 e. The summed E-state index contributed by atoms with van der Waals surface area (Å²) in [6.45, 7) is 6.90. The molecule has 0 bridgehead atoms. The SMILES string of the molecule is Cc1ccc(CCN(C)C(=O)c2ccc(-n3nc(-c4ccccc4)c4c3CC(C)(C)CC4=O)nc2)cc1. The van der Waals surface area contributed by atoms with Crippen LogP contribution < -0.4 is 0 Å². The monoisotopic (exact) mass is 492 g/mol. The number of ketones is 1. The molecule has 5 rings (SSSR count). The van der Waals surface area contributed by atoms with E-state index in [2.05, 4.69) is 50.0 Å². The molecule has 0 N–H and O–H groups in total. The number of amides is 1. The van der Waals surface area contributed by atoms with Gasteiger partial charge >= 0.3 is 0 Å². The van der Waals surface area contributed by atoms with Crippen LogP contribution in [0.5, 0.6) is 0 Å². The molecular weight excluding hydrogens is 460 g/mol. The van der Waals surface area contributed by atoms with E-state index in [1.165, 1.54) is 11.1 Å². The van der Waals surface area contributed by atoms with E-state index in [0.29, 0.717) is 35.6 Å². The molecule has 2 aromatic heterocycles. The molecule has 37 heavy (non-hydrogen) atoms. The molecule has 2 aromatic carbocycles. The van der Waals surface area contributed by atoms with Gasteiger partial charge in [-0.3, -0.25) is 9.59 Å². The second-order valence-electron chi connectivity index (χ2n) is 10.8. The smallest absolute Gasteiger partial charge is 0.255 e. The van der Waals surface area contributed by atoms with Crippen molar-refractivity contribution >= 4 is 11.7 Å². The Morgan fingerprint density at radius 3 is 2.41 bits per heavy atom. The van der Waals surface area contributed by atoms with Gasteiger partial charge in [-0.05, 0) is 42.9 Å². The third-order valence-electron chi connectivity index (χ3n) is 7.01. The molecule has 2 heterocycles. The largest absolute Gasteiger partial charge is 0.341 e. The Morgan fingerprint density at radius 1 is 1.00 bits per heavy atom. The van der Waals surface area contributed by atoms with E-state index < -0.39 is 0 Å². The average Bonchev–Trinajstić information content (AvgIpc) is 3.27. The summed E-state index contributed by atoms with van der Waals surface area (Å²) in [5, 5.41) is 4.87. The number of carbonyl (C=O) groups is 2. The minimum atomic E-state index is -0.161. The van der Waals surface area contributed by atoms with Crippen LogP contribution in [0.2, 0.25) is 0 Å². The number of aryl methyl sites for hydroxylation is 1. The molecule has 0 aliphatic heterocycles. The van der Waals surface area contributed by atoms with Crippen molar-refractivity contribution in [2.45, 2.75) is 40.0 Å². The van der Waals surface area contributed by atoms with Gasteiger partial charge in [0.15, 0.2) is 11.6 Å². The zero-order valence-corrected chi connectivity index (χ0v) is 21.9. The summed E-state index contributed by atoms with van der Waals surface area (Å²) in [5.41, 5.74) is 5.95. The van der Waals surface area contributed by atoms with Crippen LogP contribution in [0.15, 0.2) is 72.9 Å². The number of Topliss-reactive ketones (excluding diaryl/α,β-unsaturated/α-hetero) is 1. The third kappa shape index (κ3) is 5.10. The predicted molar refractivity (Wildman–Crippen MR) is 145 cm³/mol. The highest BCUT2D eigenvalue weighted by atomic mass is 16.2. The summed E-state index contributed by atoms with van der Waals surface area (Å²) in [6.07, 6.45) is 3.60. The van der Waals surface area contributed by atoms with Crippen LogP contribution in [-0.4, -0.2) is 44.9 Å². The van der Waals surface area contributed by atoms with Gasteiger partial charge in [0, 0.05) is 31.8 Å². The van der Waals surface area contributed by atoms with Gasteiger partial charge in [0.25, 0.3) is 5.91 Å². The van der Waals surface area contributed by atoms with E-state index in [0.717, 1.165) is 24.1 Å². The molecule has 188 valence electrons. The van der Waals surface area contributed by atoms with Gasteiger partial charge in [-0.25, -0.2) is 9.67 Å². The molecule has 6 nitrogen and oxygen atoms in total. The van der Waals surface area contributed by atoms with Crippen molar-refractivity contribution in [1.82, 2.24) is 19.7 Å². The summed E-state index contributed by atoms with van der Waals surface area (Å²) in [5.74, 6) is 0.635. The zero-order valence-electron chi connectivity index (χ0n) is 21.9. The highest BCUT2D eigenvalue weighted by molar-refractivity contribution is 6.04. The fourth-order valence-electron chi connectivity index (χ4n) is 4.95. The van der Waals surface area contributed by atoms with E-state index in [4.69, 9.17) is 5.10 Å². The topological polar surface area (TPSA) is 68.1 Å². The van der Waals surface area contributed by atoms with Crippen molar-refractivity contribution in [3.8, 4) is 17.1 Å². The van der Waals surface area contributed by atoms with Gasteiger partial charge in [-0.1, -0.05) is 74.0 Å². The number of benzene rings is 2. The lowest BCUT2D eigenvalue weighted by molar-refractivity contribution is 0.0795. The molecule has 0 atom stereocenters. The van der Waals surface area contributed by atoms with Crippen LogP contribution in [0.1, 0.15) is 57.8 Å². The number of hydrogen-bond acceptors (Lipinski definition) is 4. The van der Waals surface area contributed by atoms with E-state index in [-0.39, 0.29) is 17.1 Å². The zero-order chi connectivity index (χ0) is 26.2. The number of aromatic nitrogens is 3. The molecule has 0 saturated carbocycles. The van der Waals surface area contributed by atoms with Gasteiger partial charge < -0.3 is 4.90 Å². The van der Waals surface area contributed by atoms with Crippen LogP contribution in [-0.2, 0) is 12.8 Å². The standard InChI is InChI=1S/C31H32N4O2/c1-21-10-12-22(13-11-21)16-17-34(4)30(37)24-14-15-27(32-20-24)35-25-18-31(2,3)19-26(36)28(25)29(33-35)23-8-6-5-7-9-23/h5-15,20H,16-19H2,1-4H3. The highest BCUT2D eigenvalue weighted by Crippen LogP contribution is 2.39.